The molecule has 0 radical (unpaired) electrons. The van der Waals surface area contributed by atoms with Crippen LogP contribution < -0.4 is 5.32 Å². The van der Waals surface area contributed by atoms with Gasteiger partial charge in [-0.15, -0.1) is 0 Å². The molecule has 1 aromatic rings. The Labute approximate surface area is 122 Å². The molecule has 0 amide bonds. The molecule has 5 heteroatoms. The number of ether oxygens (including phenoxy) is 1. The minimum absolute atomic E-state index is 0.112. The zero-order valence-electron chi connectivity index (χ0n) is 11.2. The van der Waals surface area contributed by atoms with Gasteiger partial charge in [-0.2, -0.15) is 5.26 Å². The molecule has 0 aliphatic carbocycles. The fourth-order valence-corrected chi connectivity index (χ4v) is 2.36. The quantitative estimate of drug-likeness (QED) is 0.806. The van der Waals surface area contributed by atoms with Crippen LogP contribution in [-0.4, -0.2) is 31.0 Å². The number of nitrogens with one attached hydrogen (secondary N) is 1. The minimum atomic E-state index is -0.267. The summed E-state index contributed by atoms with van der Waals surface area (Å²) in [6, 6.07) is 7.62. The monoisotopic (exact) mass is 326 g/mol. The summed E-state index contributed by atoms with van der Waals surface area (Å²) >= 11 is 3.46. The highest BCUT2D eigenvalue weighted by atomic mass is 79.9. The number of rotatable bonds is 7. The first-order chi connectivity index (χ1) is 9.04. The molecule has 1 atom stereocenters. The van der Waals surface area contributed by atoms with Crippen LogP contribution in [0.4, 0.5) is 0 Å². The Morgan fingerprint density at radius 3 is 2.79 bits per heavy atom. The third-order valence-electron chi connectivity index (χ3n) is 3.01. The lowest BCUT2D eigenvalue weighted by atomic mass is 9.99. The number of methoxy groups -OCH3 is 1. The van der Waals surface area contributed by atoms with Gasteiger partial charge >= 0.3 is 0 Å². The first-order valence-electron chi connectivity index (χ1n) is 6.08. The van der Waals surface area contributed by atoms with Crippen LogP contribution in [0.25, 0.3) is 0 Å². The Hall–Kier alpha value is -0.930. The van der Waals surface area contributed by atoms with Crippen LogP contribution >= 0.6 is 15.9 Å². The number of aliphatic hydroxyl groups excluding tert-OH is 1. The third-order valence-corrected chi connectivity index (χ3v) is 3.75. The second kappa shape index (κ2) is 7.61. The molecule has 2 N–H and O–H groups in total. The van der Waals surface area contributed by atoms with Crippen molar-refractivity contribution in [2.75, 3.05) is 20.3 Å². The van der Waals surface area contributed by atoms with Gasteiger partial charge in [0.2, 0.25) is 0 Å². The maximum atomic E-state index is 9.11. The summed E-state index contributed by atoms with van der Waals surface area (Å²) in [4.78, 5) is 0. The average Bonchev–Trinajstić information content (AvgIpc) is 2.38. The summed E-state index contributed by atoms with van der Waals surface area (Å²) in [6.45, 7) is 3.30. The normalized spacial score (nSPS) is 13.8. The van der Waals surface area contributed by atoms with Crippen molar-refractivity contribution >= 4 is 15.9 Å². The third kappa shape index (κ3) is 4.92. The molecule has 0 saturated heterocycles. The topological polar surface area (TPSA) is 65.3 Å². The maximum Gasteiger partial charge on any atom is 0.0992 e. The fourth-order valence-electron chi connectivity index (χ4n) is 1.85. The highest BCUT2D eigenvalue weighted by Crippen LogP contribution is 2.20. The van der Waals surface area contributed by atoms with E-state index in [1.165, 1.54) is 0 Å². The molecule has 1 unspecified atom stereocenters. The van der Waals surface area contributed by atoms with E-state index in [2.05, 4.69) is 27.3 Å². The van der Waals surface area contributed by atoms with Gasteiger partial charge in [-0.1, -0.05) is 22.0 Å². The number of hydrogen-bond donors (Lipinski definition) is 2. The Kier molecular flexibility index (Phi) is 6.46. The molecule has 0 fully saturated rings. The molecule has 19 heavy (non-hydrogen) atoms. The first-order valence-corrected chi connectivity index (χ1v) is 6.87. The van der Waals surface area contributed by atoms with Gasteiger partial charge in [-0.25, -0.2) is 0 Å². The van der Waals surface area contributed by atoms with Crippen LogP contribution in [0.15, 0.2) is 22.7 Å². The zero-order chi connectivity index (χ0) is 14.3. The van der Waals surface area contributed by atoms with Gasteiger partial charge in [-0.05, 0) is 31.0 Å². The van der Waals surface area contributed by atoms with Crippen molar-refractivity contribution in [3.63, 3.8) is 0 Å². The van der Waals surface area contributed by atoms with Gasteiger partial charge in [0, 0.05) is 30.3 Å². The Bertz CT molecular complexity index is 451. The van der Waals surface area contributed by atoms with Crippen molar-refractivity contribution in [2.45, 2.75) is 25.4 Å². The van der Waals surface area contributed by atoms with Crippen LogP contribution in [-0.2, 0) is 11.3 Å². The van der Waals surface area contributed by atoms with E-state index in [9.17, 15) is 0 Å². The molecule has 0 bridgehead atoms. The number of hydrogen-bond acceptors (Lipinski definition) is 4. The lowest BCUT2D eigenvalue weighted by molar-refractivity contribution is 0.0969. The van der Waals surface area contributed by atoms with Gasteiger partial charge in [0.1, 0.15) is 0 Å². The van der Waals surface area contributed by atoms with Crippen molar-refractivity contribution < 1.29 is 9.84 Å². The second-order valence-corrected chi connectivity index (χ2v) is 5.59. The molecule has 4 nitrogen and oxygen atoms in total. The van der Waals surface area contributed by atoms with Crippen molar-refractivity contribution in [2.24, 2.45) is 0 Å². The van der Waals surface area contributed by atoms with Crippen LogP contribution in [0.5, 0.6) is 0 Å². The van der Waals surface area contributed by atoms with E-state index < -0.39 is 0 Å². The number of nitriles is 1. The lowest BCUT2D eigenvalue weighted by Gasteiger charge is -2.30. The molecule has 0 aromatic heterocycles. The standard InChI is InChI=1S/C14H19BrN2O2/c1-14(5-6-18,10-19-2)17-9-12-4-3-11(8-16)7-13(12)15/h3-4,7,17-18H,5-6,9-10H2,1-2H3. The van der Waals surface area contributed by atoms with Crippen molar-refractivity contribution in [1.82, 2.24) is 5.32 Å². The van der Waals surface area contributed by atoms with Gasteiger partial charge in [-0.3, -0.25) is 0 Å². The van der Waals surface area contributed by atoms with E-state index in [4.69, 9.17) is 15.1 Å². The SMILES string of the molecule is COCC(C)(CCO)NCc1ccc(C#N)cc1Br. The molecule has 0 saturated carbocycles. The molecule has 0 heterocycles. The summed E-state index contributed by atoms with van der Waals surface area (Å²) in [5.41, 5.74) is 1.43. The van der Waals surface area contributed by atoms with E-state index in [0.29, 0.717) is 25.1 Å². The van der Waals surface area contributed by atoms with Crippen molar-refractivity contribution in [3.05, 3.63) is 33.8 Å². The van der Waals surface area contributed by atoms with E-state index in [1.807, 2.05) is 13.0 Å². The van der Waals surface area contributed by atoms with E-state index in [0.717, 1.165) is 10.0 Å². The molecule has 0 aliphatic heterocycles. The van der Waals surface area contributed by atoms with Crippen LogP contribution in [0, 0.1) is 11.3 Å². The molecule has 1 rings (SSSR count). The van der Waals surface area contributed by atoms with Gasteiger partial charge in [0.25, 0.3) is 0 Å². The highest BCUT2D eigenvalue weighted by molar-refractivity contribution is 9.10. The summed E-state index contributed by atoms with van der Waals surface area (Å²) < 4.78 is 6.09. The first kappa shape index (κ1) is 16.1. The highest BCUT2D eigenvalue weighted by Gasteiger charge is 2.23. The van der Waals surface area contributed by atoms with Crippen molar-refractivity contribution in [1.29, 1.82) is 5.26 Å². The summed E-state index contributed by atoms with van der Waals surface area (Å²) in [7, 11) is 1.65. The Morgan fingerprint density at radius 2 is 2.26 bits per heavy atom. The predicted molar refractivity (Wildman–Crippen MR) is 77.7 cm³/mol. The van der Waals surface area contributed by atoms with Crippen molar-refractivity contribution in [3.8, 4) is 6.07 Å². The van der Waals surface area contributed by atoms with Crippen LogP contribution in [0.1, 0.15) is 24.5 Å². The summed E-state index contributed by atoms with van der Waals surface area (Å²) in [5, 5.41) is 21.3. The Morgan fingerprint density at radius 1 is 1.53 bits per heavy atom. The van der Waals surface area contributed by atoms with E-state index in [-0.39, 0.29) is 12.1 Å². The number of aliphatic hydroxyl groups is 1. The van der Waals surface area contributed by atoms with Gasteiger partial charge in [0.05, 0.1) is 18.2 Å². The van der Waals surface area contributed by atoms with E-state index >= 15 is 0 Å². The average molecular weight is 327 g/mol. The molecule has 104 valence electrons. The van der Waals surface area contributed by atoms with Crippen LogP contribution in [0.3, 0.4) is 0 Å². The second-order valence-electron chi connectivity index (χ2n) is 4.74. The predicted octanol–water partition coefficient (Wildman–Crippen LogP) is 2.20. The smallest absolute Gasteiger partial charge is 0.0992 e. The number of halogens is 1. The number of benzene rings is 1. The summed E-state index contributed by atoms with van der Waals surface area (Å²) in [5.74, 6) is 0. The molecule has 0 aliphatic rings. The maximum absolute atomic E-state index is 9.11. The summed E-state index contributed by atoms with van der Waals surface area (Å²) in [6.07, 6.45) is 0.620. The molecular formula is C14H19BrN2O2. The molecule has 1 aromatic carbocycles. The molecular weight excluding hydrogens is 308 g/mol. The molecule has 0 spiro atoms. The van der Waals surface area contributed by atoms with E-state index in [1.54, 1.807) is 19.2 Å². The Balaban J connectivity index is 2.72. The van der Waals surface area contributed by atoms with Gasteiger partial charge < -0.3 is 15.2 Å². The van der Waals surface area contributed by atoms with Gasteiger partial charge in [0.15, 0.2) is 0 Å². The fraction of sp³-hybridized carbons (Fsp3) is 0.500. The zero-order valence-corrected chi connectivity index (χ0v) is 12.8. The number of nitrogens with zero attached hydrogens (tertiary/aromatic N) is 1. The lowest BCUT2D eigenvalue weighted by Crippen LogP contribution is -2.46. The minimum Gasteiger partial charge on any atom is -0.396 e. The van der Waals surface area contributed by atoms with Crippen LogP contribution in [0.2, 0.25) is 0 Å². The largest absolute Gasteiger partial charge is 0.396 e.